The molecule has 19 heavy (non-hydrogen) atoms. The van der Waals surface area contributed by atoms with Gasteiger partial charge in [-0.05, 0) is 25.2 Å². The van der Waals surface area contributed by atoms with Gasteiger partial charge in [-0.3, -0.25) is 9.59 Å². The van der Waals surface area contributed by atoms with Crippen LogP contribution in [-0.2, 0) is 14.3 Å². The average molecular weight is 280 g/mol. The molecular weight excluding hydrogens is 256 g/mol. The van der Waals surface area contributed by atoms with Crippen LogP contribution in [-0.4, -0.2) is 26.9 Å². The van der Waals surface area contributed by atoms with Crippen LogP contribution >= 0.6 is 0 Å². The minimum atomic E-state index is -1.41. The first-order valence-electron chi connectivity index (χ1n) is 7.12. The number of ketones is 1. The first-order chi connectivity index (χ1) is 8.79. The molecule has 106 valence electrons. The third-order valence-corrected chi connectivity index (χ3v) is 5.65. The Kier molecular flexibility index (Phi) is 3.73. The quantitative estimate of drug-likeness (QED) is 0.576. The summed E-state index contributed by atoms with van der Waals surface area (Å²) in [5.74, 6) is 0.331. The molecule has 2 atom stereocenters. The molecule has 0 unspecified atom stereocenters. The zero-order valence-corrected chi connectivity index (χ0v) is 13.4. The van der Waals surface area contributed by atoms with Gasteiger partial charge in [0.15, 0.2) is 0 Å². The van der Waals surface area contributed by atoms with Gasteiger partial charge in [-0.1, -0.05) is 30.9 Å². The van der Waals surface area contributed by atoms with E-state index < -0.39 is 13.5 Å². The number of esters is 1. The number of Topliss-reactive ketones (excluding diaryl/α,β-unsaturated/α-hetero) is 1. The van der Waals surface area contributed by atoms with Crippen molar-refractivity contribution in [1.29, 1.82) is 0 Å². The summed E-state index contributed by atoms with van der Waals surface area (Å²) in [6.07, 6.45) is 3.82. The second-order valence-corrected chi connectivity index (χ2v) is 12.0. The van der Waals surface area contributed by atoms with Gasteiger partial charge in [0.2, 0.25) is 0 Å². The van der Waals surface area contributed by atoms with Gasteiger partial charge >= 0.3 is 5.97 Å². The maximum Gasteiger partial charge on any atom is 0.316 e. The van der Waals surface area contributed by atoms with Gasteiger partial charge in [0.25, 0.3) is 0 Å². The number of carbonyl (C=O) groups excluding carboxylic acids is 2. The molecule has 3 nitrogen and oxygen atoms in total. The zero-order valence-electron chi connectivity index (χ0n) is 12.4. The zero-order chi connectivity index (χ0) is 14.3. The molecule has 0 heterocycles. The highest BCUT2D eigenvalue weighted by molar-refractivity contribution is 6.81. The molecule has 0 N–H and O–H groups in total. The van der Waals surface area contributed by atoms with Crippen LogP contribution in [0.15, 0.2) is 11.3 Å². The number of fused-ring (bicyclic) bond motifs is 1. The lowest BCUT2D eigenvalue weighted by Gasteiger charge is -2.37. The molecule has 0 aliphatic heterocycles. The van der Waals surface area contributed by atoms with Crippen LogP contribution < -0.4 is 0 Å². The molecule has 2 aliphatic rings. The summed E-state index contributed by atoms with van der Waals surface area (Å²) in [6.45, 7) is 6.80. The normalized spacial score (nSPS) is 33.4. The third-order valence-electron chi connectivity index (χ3n) is 4.44. The van der Waals surface area contributed by atoms with Gasteiger partial charge in [0, 0.05) is 12.8 Å². The lowest BCUT2D eigenvalue weighted by atomic mass is 9.66. The van der Waals surface area contributed by atoms with Crippen molar-refractivity contribution in [3.8, 4) is 0 Å². The molecule has 0 aromatic heterocycles. The van der Waals surface area contributed by atoms with E-state index in [4.69, 9.17) is 4.74 Å². The largest absolute Gasteiger partial charge is 0.468 e. The molecule has 4 heteroatoms. The molecule has 0 radical (unpaired) electrons. The van der Waals surface area contributed by atoms with E-state index in [0.29, 0.717) is 18.8 Å². The van der Waals surface area contributed by atoms with Crippen molar-refractivity contribution in [2.75, 3.05) is 7.11 Å². The van der Waals surface area contributed by atoms with Gasteiger partial charge in [0.05, 0.1) is 20.6 Å². The topological polar surface area (TPSA) is 43.4 Å². The summed E-state index contributed by atoms with van der Waals surface area (Å²) >= 11 is 0. The van der Waals surface area contributed by atoms with E-state index >= 15 is 0 Å². The molecule has 0 spiro atoms. The van der Waals surface area contributed by atoms with Gasteiger partial charge in [-0.15, -0.1) is 0 Å². The maximum atomic E-state index is 12.4. The number of ether oxygens (including phenoxy) is 1. The van der Waals surface area contributed by atoms with E-state index in [1.807, 2.05) is 0 Å². The Balaban J connectivity index is 2.48. The first kappa shape index (κ1) is 14.5. The van der Waals surface area contributed by atoms with Crippen LogP contribution in [0.1, 0.15) is 32.1 Å². The second-order valence-electron chi connectivity index (χ2n) is 6.99. The fraction of sp³-hybridized carbons (Fsp3) is 0.733. The lowest BCUT2D eigenvalue weighted by Crippen LogP contribution is -2.43. The molecule has 0 aromatic carbocycles. The Hall–Kier alpha value is -0.903. The Morgan fingerprint density at radius 2 is 1.95 bits per heavy atom. The fourth-order valence-electron chi connectivity index (χ4n) is 3.72. The van der Waals surface area contributed by atoms with Crippen molar-refractivity contribution in [3.63, 3.8) is 0 Å². The van der Waals surface area contributed by atoms with Gasteiger partial charge in [0.1, 0.15) is 5.78 Å². The van der Waals surface area contributed by atoms with E-state index in [-0.39, 0.29) is 11.8 Å². The molecule has 0 saturated heterocycles. The van der Waals surface area contributed by atoms with Crippen LogP contribution in [0, 0.1) is 11.3 Å². The Morgan fingerprint density at radius 1 is 1.32 bits per heavy atom. The van der Waals surface area contributed by atoms with Crippen LogP contribution in [0.4, 0.5) is 0 Å². The summed E-state index contributed by atoms with van der Waals surface area (Å²) in [7, 11) is 0.0348. The highest BCUT2D eigenvalue weighted by Gasteiger charge is 2.56. The van der Waals surface area contributed by atoms with Crippen molar-refractivity contribution in [2.24, 2.45) is 11.3 Å². The number of hydrogen-bond donors (Lipinski definition) is 0. The molecule has 2 rings (SSSR count). The van der Waals surface area contributed by atoms with E-state index in [0.717, 1.165) is 19.3 Å². The maximum absolute atomic E-state index is 12.4. The van der Waals surface area contributed by atoms with Crippen molar-refractivity contribution in [3.05, 3.63) is 11.3 Å². The van der Waals surface area contributed by atoms with Crippen molar-refractivity contribution in [2.45, 2.75) is 51.7 Å². The van der Waals surface area contributed by atoms with Crippen molar-refractivity contribution >= 4 is 19.8 Å². The highest BCUT2D eigenvalue weighted by Crippen LogP contribution is 2.55. The molecule has 2 fully saturated rings. The van der Waals surface area contributed by atoms with Crippen molar-refractivity contribution in [1.82, 2.24) is 0 Å². The van der Waals surface area contributed by atoms with Gasteiger partial charge < -0.3 is 4.74 Å². The van der Waals surface area contributed by atoms with E-state index in [1.165, 1.54) is 12.7 Å². The highest BCUT2D eigenvalue weighted by atomic mass is 28.3. The minimum absolute atomic E-state index is 0.187. The number of rotatable bonds is 2. The number of carbonyl (C=O) groups is 2. The number of hydrogen-bond acceptors (Lipinski definition) is 3. The summed E-state index contributed by atoms with van der Waals surface area (Å²) in [5, 5.41) is 0. The summed E-state index contributed by atoms with van der Waals surface area (Å²) in [5.41, 5.74) is 2.89. The first-order valence-corrected chi connectivity index (χ1v) is 10.7. The predicted octanol–water partition coefficient (Wildman–Crippen LogP) is 3.11. The van der Waals surface area contributed by atoms with E-state index in [9.17, 15) is 9.59 Å². The Morgan fingerprint density at radius 3 is 2.53 bits per heavy atom. The van der Waals surface area contributed by atoms with Crippen LogP contribution in [0.2, 0.25) is 19.6 Å². The van der Waals surface area contributed by atoms with Crippen LogP contribution in [0.3, 0.4) is 0 Å². The lowest BCUT2D eigenvalue weighted by molar-refractivity contribution is -0.156. The standard InChI is InChI=1S/C15H24O3Si/c1-18-14(17)15-9-13(16)8-7-11(15)5-6-12(15)10-19(2,3)4/h10-11H,5-9H2,1-4H3/b12-10+/t11-,15-/m0/s1. The predicted molar refractivity (Wildman–Crippen MR) is 77.5 cm³/mol. The van der Waals surface area contributed by atoms with E-state index in [1.54, 1.807) is 0 Å². The SMILES string of the molecule is COC(=O)[C@@]12CC(=O)CC[C@@H]1CC/C2=C\[Si](C)(C)C. The third kappa shape index (κ3) is 2.55. The fourth-order valence-corrected chi connectivity index (χ4v) is 5.17. The Labute approximate surface area is 116 Å². The van der Waals surface area contributed by atoms with Crippen molar-refractivity contribution < 1.29 is 14.3 Å². The number of methoxy groups -OCH3 is 1. The molecular formula is C15H24O3Si. The van der Waals surface area contributed by atoms with E-state index in [2.05, 4.69) is 25.3 Å². The average Bonchev–Trinajstić information content (AvgIpc) is 2.65. The van der Waals surface area contributed by atoms with Gasteiger partial charge in [-0.25, -0.2) is 0 Å². The van der Waals surface area contributed by atoms with Crippen LogP contribution in [0.25, 0.3) is 0 Å². The second kappa shape index (κ2) is 4.89. The van der Waals surface area contributed by atoms with Crippen LogP contribution in [0.5, 0.6) is 0 Å². The summed E-state index contributed by atoms with van der Waals surface area (Å²) in [6, 6.07) is 0. The molecule has 0 aromatic rings. The van der Waals surface area contributed by atoms with Gasteiger partial charge in [-0.2, -0.15) is 0 Å². The molecule has 0 amide bonds. The smallest absolute Gasteiger partial charge is 0.316 e. The summed E-state index contributed by atoms with van der Waals surface area (Å²) < 4.78 is 5.07. The minimum Gasteiger partial charge on any atom is -0.468 e. The molecule has 2 saturated carbocycles. The molecule has 2 aliphatic carbocycles. The monoisotopic (exact) mass is 280 g/mol. The Bertz CT molecular complexity index is 433. The summed E-state index contributed by atoms with van der Waals surface area (Å²) in [4.78, 5) is 24.3. The molecule has 0 bridgehead atoms.